The van der Waals surface area contributed by atoms with Crippen LogP contribution in [0.1, 0.15) is 28.0 Å². The van der Waals surface area contributed by atoms with Gasteiger partial charge in [-0.15, -0.1) is 0 Å². The number of fused-ring (bicyclic) bond motifs is 1. The third kappa shape index (κ3) is 4.72. The van der Waals surface area contributed by atoms with Gasteiger partial charge in [-0.2, -0.15) is 10.1 Å². The fourth-order valence-electron chi connectivity index (χ4n) is 3.80. The van der Waals surface area contributed by atoms with Crippen molar-refractivity contribution in [3.8, 4) is 11.3 Å². The zero-order valence-corrected chi connectivity index (χ0v) is 20.4. The van der Waals surface area contributed by atoms with E-state index in [-0.39, 0.29) is 17.0 Å². The molecule has 0 amide bonds. The Morgan fingerprint density at radius 3 is 2.46 bits per heavy atom. The van der Waals surface area contributed by atoms with Gasteiger partial charge >= 0.3 is 0 Å². The topological polar surface area (TPSA) is 157 Å². The van der Waals surface area contributed by atoms with E-state index in [1.54, 1.807) is 38.1 Å². The molecule has 37 heavy (non-hydrogen) atoms. The van der Waals surface area contributed by atoms with E-state index in [2.05, 4.69) is 36.1 Å². The summed E-state index contributed by atoms with van der Waals surface area (Å²) in [7, 11) is 0. The molecule has 0 atom stereocenters. The van der Waals surface area contributed by atoms with Crippen LogP contribution in [0.3, 0.4) is 0 Å². The van der Waals surface area contributed by atoms with E-state index in [4.69, 9.17) is 9.05 Å². The predicted molar refractivity (Wildman–Crippen MR) is 138 cm³/mol. The van der Waals surface area contributed by atoms with Gasteiger partial charge in [-0.05, 0) is 79.0 Å². The Morgan fingerprint density at radius 2 is 1.70 bits per heavy atom. The summed E-state index contributed by atoms with van der Waals surface area (Å²) >= 11 is 0. The molecule has 2 N–H and O–H groups in total. The van der Waals surface area contributed by atoms with E-state index in [1.165, 1.54) is 6.21 Å². The Bertz CT molecular complexity index is 1670. The van der Waals surface area contributed by atoms with E-state index >= 15 is 0 Å². The van der Waals surface area contributed by atoms with Gasteiger partial charge in [-0.25, -0.2) is 9.61 Å². The first-order chi connectivity index (χ1) is 17.8. The number of anilines is 3. The quantitative estimate of drug-likeness (QED) is 0.164. The van der Waals surface area contributed by atoms with Crippen LogP contribution in [-0.2, 0) is 0 Å². The van der Waals surface area contributed by atoms with Crippen LogP contribution in [0.4, 0.5) is 23.0 Å². The molecule has 5 rings (SSSR count). The third-order valence-corrected chi connectivity index (χ3v) is 5.97. The lowest BCUT2D eigenvalue weighted by molar-refractivity contribution is -0.385. The average Bonchev–Trinajstić information content (AvgIpc) is 3.52. The maximum Gasteiger partial charge on any atom is 0.272 e. The van der Waals surface area contributed by atoms with Crippen LogP contribution < -0.4 is 10.7 Å². The molecule has 2 aromatic carbocycles. The van der Waals surface area contributed by atoms with Gasteiger partial charge in [-0.3, -0.25) is 15.5 Å². The van der Waals surface area contributed by atoms with Gasteiger partial charge in [0.2, 0.25) is 11.3 Å². The number of benzene rings is 2. The first-order valence-electron chi connectivity index (χ1n) is 11.3. The SMILES string of the molecule is Cc1cc([N+](=O)[O-])c(C)cc1-c1ccc(/C=N\Nc2nc3nonc3nc2Nc2cccc(C)c2C)o1. The van der Waals surface area contributed by atoms with Crippen molar-refractivity contribution >= 4 is 40.5 Å². The van der Waals surface area contributed by atoms with E-state index in [0.29, 0.717) is 28.7 Å². The van der Waals surface area contributed by atoms with Crippen LogP contribution in [0.5, 0.6) is 0 Å². The average molecular weight is 499 g/mol. The van der Waals surface area contributed by atoms with Crippen molar-refractivity contribution in [2.24, 2.45) is 5.10 Å². The summed E-state index contributed by atoms with van der Waals surface area (Å²) in [6.45, 7) is 7.53. The number of nitro benzene ring substituents is 1. The van der Waals surface area contributed by atoms with E-state index in [1.807, 2.05) is 32.0 Å². The number of hydrazone groups is 1. The minimum Gasteiger partial charge on any atom is -0.455 e. The largest absolute Gasteiger partial charge is 0.455 e. The number of nitrogens with zero attached hydrogens (tertiary/aromatic N) is 6. The fourth-order valence-corrected chi connectivity index (χ4v) is 3.80. The Labute approximate surface area is 210 Å². The van der Waals surface area contributed by atoms with Crippen LogP contribution in [0, 0.1) is 37.8 Å². The van der Waals surface area contributed by atoms with Crippen LogP contribution >= 0.6 is 0 Å². The van der Waals surface area contributed by atoms with Crippen molar-refractivity contribution in [2.75, 3.05) is 10.7 Å². The molecule has 5 aromatic rings. The second-order valence-corrected chi connectivity index (χ2v) is 8.49. The van der Waals surface area contributed by atoms with Crippen LogP contribution in [0.2, 0.25) is 0 Å². The maximum absolute atomic E-state index is 11.2. The van der Waals surface area contributed by atoms with Gasteiger partial charge in [-0.1, -0.05) is 12.1 Å². The van der Waals surface area contributed by atoms with Crippen molar-refractivity contribution in [3.63, 3.8) is 0 Å². The number of nitro groups is 1. The summed E-state index contributed by atoms with van der Waals surface area (Å²) in [4.78, 5) is 19.7. The molecule has 3 aromatic heterocycles. The molecule has 0 saturated carbocycles. The highest BCUT2D eigenvalue weighted by Gasteiger charge is 2.17. The lowest BCUT2D eigenvalue weighted by atomic mass is 10.0. The lowest BCUT2D eigenvalue weighted by Gasteiger charge is -2.12. The smallest absolute Gasteiger partial charge is 0.272 e. The number of aryl methyl sites for hydroxylation is 3. The summed E-state index contributed by atoms with van der Waals surface area (Å²) in [5, 5.41) is 26.3. The zero-order valence-electron chi connectivity index (χ0n) is 20.4. The Kier molecular flexibility index (Phi) is 6.05. The molecule has 0 saturated heterocycles. The Hall–Kier alpha value is -5.13. The standard InChI is InChI=1S/C25H22N8O4/c1-13-6-5-7-19(16(13)4)27-22-23(29-25-24(28-22)31-37-32-25)30-26-12-17-8-9-21(36-17)18-10-15(3)20(33(34)35)11-14(18)2/h5-12H,1-4H3,(H,27,28,31)(H,29,30,32)/b26-12-. The molecule has 12 heteroatoms. The fraction of sp³-hybridized carbons (Fsp3) is 0.160. The molecule has 0 bridgehead atoms. The normalized spacial score (nSPS) is 11.4. The monoisotopic (exact) mass is 498 g/mol. The first-order valence-corrected chi connectivity index (χ1v) is 11.3. The van der Waals surface area contributed by atoms with Gasteiger partial charge in [0.25, 0.3) is 5.69 Å². The van der Waals surface area contributed by atoms with Gasteiger partial charge in [0.05, 0.1) is 11.1 Å². The maximum atomic E-state index is 11.2. The lowest BCUT2D eigenvalue weighted by Crippen LogP contribution is -2.04. The molecule has 0 aliphatic heterocycles. The Morgan fingerprint density at radius 1 is 0.946 bits per heavy atom. The van der Waals surface area contributed by atoms with Crippen molar-refractivity contribution in [1.82, 2.24) is 20.3 Å². The van der Waals surface area contributed by atoms with Crippen molar-refractivity contribution < 1.29 is 14.0 Å². The van der Waals surface area contributed by atoms with Gasteiger partial charge in [0, 0.05) is 22.9 Å². The molecule has 0 unspecified atom stereocenters. The number of furan rings is 1. The minimum absolute atomic E-state index is 0.0736. The molecule has 186 valence electrons. The molecule has 3 heterocycles. The molecule has 0 aliphatic carbocycles. The van der Waals surface area contributed by atoms with Crippen molar-refractivity contribution in [2.45, 2.75) is 27.7 Å². The highest BCUT2D eigenvalue weighted by Crippen LogP contribution is 2.31. The number of hydrogen-bond acceptors (Lipinski definition) is 11. The highest BCUT2D eigenvalue weighted by atomic mass is 16.6. The van der Waals surface area contributed by atoms with E-state index < -0.39 is 4.92 Å². The summed E-state index contributed by atoms with van der Waals surface area (Å²) in [5.41, 5.74) is 8.55. The van der Waals surface area contributed by atoms with Crippen LogP contribution in [-0.4, -0.2) is 31.4 Å². The van der Waals surface area contributed by atoms with Crippen LogP contribution in [0.15, 0.2) is 56.6 Å². The minimum atomic E-state index is -0.392. The van der Waals surface area contributed by atoms with E-state index in [9.17, 15) is 10.1 Å². The second kappa shape index (κ2) is 9.49. The van der Waals surface area contributed by atoms with Gasteiger partial charge < -0.3 is 9.73 Å². The molecule has 0 radical (unpaired) electrons. The summed E-state index contributed by atoms with van der Waals surface area (Å²) in [5.74, 6) is 1.75. The van der Waals surface area contributed by atoms with E-state index in [0.717, 1.165) is 27.9 Å². The predicted octanol–water partition coefficient (Wildman–Crippen LogP) is 5.60. The van der Waals surface area contributed by atoms with Crippen LogP contribution in [0.25, 0.3) is 22.6 Å². The summed E-state index contributed by atoms with van der Waals surface area (Å²) in [6.07, 6.45) is 1.49. The molecule has 0 aliphatic rings. The molecule has 0 fully saturated rings. The molecular formula is C25H22N8O4. The summed E-state index contributed by atoms with van der Waals surface area (Å²) < 4.78 is 10.7. The molecular weight excluding hydrogens is 476 g/mol. The summed E-state index contributed by atoms with van der Waals surface area (Å²) in [6, 6.07) is 12.7. The van der Waals surface area contributed by atoms with Gasteiger partial charge in [0.1, 0.15) is 11.5 Å². The van der Waals surface area contributed by atoms with Gasteiger partial charge in [0.15, 0.2) is 11.6 Å². The molecule has 12 nitrogen and oxygen atoms in total. The second-order valence-electron chi connectivity index (χ2n) is 8.49. The number of rotatable bonds is 7. The zero-order chi connectivity index (χ0) is 26.1. The van der Waals surface area contributed by atoms with Crippen molar-refractivity contribution in [3.05, 3.63) is 80.6 Å². The first kappa shape index (κ1) is 23.6. The number of hydrogen-bond donors (Lipinski definition) is 2. The number of aromatic nitrogens is 4. The number of nitrogens with one attached hydrogen (secondary N) is 2. The van der Waals surface area contributed by atoms with Crippen molar-refractivity contribution in [1.29, 1.82) is 0 Å². The Balaban J connectivity index is 1.39. The molecule has 0 spiro atoms. The highest BCUT2D eigenvalue weighted by molar-refractivity contribution is 5.81. The third-order valence-electron chi connectivity index (χ3n) is 5.97.